The van der Waals surface area contributed by atoms with Gasteiger partial charge in [0.1, 0.15) is 11.8 Å². The summed E-state index contributed by atoms with van der Waals surface area (Å²) in [7, 11) is 0. The zero-order chi connectivity index (χ0) is 11.4. The molecule has 0 aliphatic rings. The fourth-order valence-corrected chi connectivity index (χ4v) is 1.13. The lowest BCUT2D eigenvalue weighted by molar-refractivity contribution is 0.435. The first-order valence-corrected chi connectivity index (χ1v) is 4.62. The van der Waals surface area contributed by atoms with Crippen molar-refractivity contribution >= 4 is 0 Å². The summed E-state index contributed by atoms with van der Waals surface area (Å²) >= 11 is 0. The lowest BCUT2D eigenvalue weighted by atomic mass is 10.3. The molecule has 5 nitrogen and oxygen atoms in total. The highest BCUT2D eigenvalue weighted by molar-refractivity contribution is 5.29. The number of aromatic nitrogens is 3. The first-order chi connectivity index (χ1) is 7.79. The lowest BCUT2D eigenvalue weighted by Crippen LogP contribution is -1.95. The van der Waals surface area contributed by atoms with Gasteiger partial charge in [0.15, 0.2) is 5.75 Å². The molecule has 0 N–H and O–H groups in total. The summed E-state index contributed by atoms with van der Waals surface area (Å²) in [5.41, 5.74) is 1.01. The quantitative estimate of drug-likeness (QED) is 0.759. The van der Waals surface area contributed by atoms with Crippen LogP contribution >= 0.6 is 0 Å². The van der Waals surface area contributed by atoms with Gasteiger partial charge in [0, 0.05) is 12.4 Å². The largest absolute Gasteiger partial charge is 0.422 e. The van der Waals surface area contributed by atoms with Crippen LogP contribution in [0, 0.1) is 18.3 Å². The van der Waals surface area contributed by atoms with Crippen LogP contribution in [-0.2, 0) is 0 Å². The highest BCUT2D eigenvalue weighted by Gasteiger charge is 2.04. The number of nitrogens with zero attached hydrogens (tertiary/aromatic N) is 4. The highest BCUT2D eigenvalue weighted by atomic mass is 16.5. The Hall–Kier alpha value is -2.48. The molecule has 2 aromatic rings. The molecule has 16 heavy (non-hydrogen) atoms. The van der Waals surface area contributed by atoms with E-state index in [1.807, 2.05) is 13.0 Å². The van der Waals surface area contributed by atoms with E-state index >= 15 is 0 Å². The molecule has 0 aromatic carbocycles. The van der Waals surface area contributed by atoms with Crippen LogP contribution in [-0.4, -0.2) is 15.0 Å². The molecule has 0 atom stereocenters. The van der Waals surface area contributed by atoms with Crippen LogP contribution in [0.3, 0.4) is 0 Å². The maximum atomic E-state index is 8.67. The summed E-state index contributed by atoms with van der Waals surface area (Å²) in [6, 6.07) is 7.12. The van der Waals surface area contributed by atoms with E-state index in [9.17, 15) is 0 Å². The van der Waals surface area contributed by atoms with Crippen molar-refractivity contribution < 1.29 is 4.74 Å². The van der Waals surface area contributed by atoms with E-state index in [4.69, 9.17) is 10.00 Å². The average Bonchev–Trinajstić information content (AvgIpc) is 2.32. The van der Waals surface area contributed by atoms with Gasteiger partial charge in [0.25, 0.3) is 0 Å². The Morgan fingerprint density at radius 1 is 1.25 bits per heavy atom. The van der Waals surface area contributed by atoms with E-state index < -0.39 is 0 Å². The van der Waals surface area contributed by atoms with Crippen molar-refractivity contribution in [2.24, 2.45) is 0 Å². The molecule has 0 radical (unpaired) electrons. The van der Waals surface area contributed by atoms with Crippen molar-refractivity contribution in [3.05, 3.63) is 42.0 Å². The molecule has 2 aromatic heterocycles. The number of hydrogen-bond acceptors (Lipinski definition) is 5. The van der Waals surface area contributed by atoms with Crippen molar-refractivity contribution in [3.63, 3.8) is 0 Å². The van der Waals surface area contributed by atoms with Crippen LogP contribution in [0.5, 0.6) is 11.8 Å². The molecule has 0 saturated carbocycles. The second-order valence-electron chi connectivity index (χ2n) is 3.03. The smallest absolute Gasteiger partial charge is 0.323 e. The summed E-state index contributed by atoms with van der Waals surface area (Å²) in [6.45, 7) is 1.82. The Labute approximate surface area is 92.4 Å². The predicted octanol–water partition coefficient (Wildman–Crippen LogP) is 1.84. The van der Waals surface area contributed by atoms with Crippen LogP contribution in [0.25, 0.3) is 0 Å². The third kappa shape index (κ3) is 2.12. The van der Waals surface area contributed by atoms with Gasteiger partial charge in [-0.15, -0.1) is 0 Å². The highest BCUT2D eigenvalue weighted by Crippen LogP contribution is 2.19. The first-order valence-electron chi connectivity index (χ1n) is 4.62. The SMILES string of the molecule is Cc1ncccc1Oc1nccc(C#N)n1. The molecular formula is C11H8N4O. The third-order valence-electron chi connectivity index (χ3n) is 1.91. The van der Waals surface area contributed by atoms with Crippen LogP contribution < -0.4 is 4.74 Å². The van der Waals surface area contributed by atoms with Crippen LogP contribution in [0.15, 0.2) is 30.6 Å². The second kappa shape index (κ2) is 4.36. The van der Waals surface area contributed by atoms with E-state index in [0.717, 1.165) is 5.69 Å². The van der Waals surface area contributed by atoms with Gasteiger partial charge in [-0.1, -0.05) is 0 Å². The molecule has 0 spiro atoms. The molecule has 0 amide bonds. The standard InChI is InChI=1S/C11H8N4O/c1-8-10(3-2-5-13-8)16-11-14-6-4-9(7-12)15-11/h2-6H,1H3. The number of aryl methyl sites for hydroxylation is 1. The summed E-state index contributed by atoms with van der Waals surface area (Å²) in [6.07, 6.45) is 3.15. The zero-order valence-electron chi connectivity index (χ0n) is 8.58. The molecule has 0 saturated heterocycles. The van der Waals surface area contributed by atoms with E-state index in [1.54, 1.807) is 18.3 Å². The van der Waals surface area contributed by atoms with Crippen LogP contribution in [0.1, 0.15) is 11.4 Å². The van der Waals surface area contributed by atoms with E-state index in [2.05, 4.69) is 15.0 Å². The minimum Gasteiger partial charge on any atom is -0.422 e. The van der Waals surface area contributed by atoms with E-state index in [0.29, 0.717) is 5.75 Å². The van der Waals surface area contributed by atoms with E-state index in [-0.39, 0.29) is 11.7 Å². The van der Waals surface area contributed by atoms with Gasteiger partial charge in [0.05, 0.1) is 5.69 Å². The number of hydrogen-bond donors (Lipinski definition) is 0. The Morgan fingerprint density at radius 3 is 2.88 bits per heavy atom. The minimum absolute atomic E-state index is 0.148. The molecule has 2 heterocycles. The molecule has 2 rings (SSSR count). The van der Waals surface area contributed by atoms with Gasteiger partial charge in [-0.05, 0) is 25.1 Å². The molecule has 5 heteroatoms. The summed E-state index contributed by atoms with van der Waals surface area (Å²) in [5, 5.41) is 8.67. The first kappa shape index (κ1) is 10.1. The van der Waals surface area contributed by atoms with Crippen molar-refractivity contribution in [1.29, 1.82) is 5.26 Å². The van der Waals surface area contributed by atoms with Gasteiger partial charge >= 0.3 is 6.01 Å². The molecule has 0 bridgehead atoms. The molecule has 0 fully saturated rings. The molecule has 0 aliphatic carbocycles. The summed E-state index contributed by atoms with van der Waals surface area (Å²) < 4.78 is 5.42. The maximum Gasteiger partial charge on any atom is 0.323 e. The van der Waals surface area contributed by atoms with Gasteiger partial charge in [-0.2, -0.15) is 10.2 Å². The Bertz CT molecular complexity index is 548. The second-order valence-corrected chi connectivity index (χ2v) is 3.03. The molecule has 0 aliphatic heterocycles. The van der Waals surface area contributed by atoms with Crippen molar-refractivity contribution in [2.75, 3.05) is 0 Å². The fourth-order valence-electron chi connectivity index (χ4n) is 1.13. The minimum atomic E-state index is 0.148. The number of ether oxygens (including phenoxy) is 1. The van der Waals surface area contributed by atoms with Gasteiger partial charge in [-0.3, -0.25) is 4.98 Å². The average molecular weight is 212 g/mol. The van der Waals surface area contributed by atoms with E-state index in [1.165, 1.54) is 12.3 Å². The predicted molar refractivity (Wildman–Crippen MR) is 55.8 cm³/mol. The van der Waals surface area contributed by atoms with Crippen molar-refractivity contribution in [2.45, 2.75) is 6.92 Å². The monoisotopic (exact) mass is 212 g/mol. The topological polar surface area (TPSA) is 71.7 Å². The lowest BCUT2D eigenvalue weighted by Gasteiger charge is -2.04. The maximum absolute atomic E-state index is 8.67. The van der Waals surface area contributed by atoms with Crippen molar-refractivity contribution in [3.8, 4) is 17.8 Å². The van der Waals surface area contributed by atoms with Gasteiger partial charge in [0.2, 0.25) is 0 Å². The van der Waals surface area contributed by atoms with Gasteiger partial charge < -0.3 is 4.74 Å². The number of nitriles is 1. The molecule has 78 valence electrons. The summed E-state index contributed by atoms with van der Waals surface area (Å²) in [4.78, 5) is 11.9. The summed E-state index contributed by atoms with van der Waals surface area (Å²) in [5.74, 6) is 0.581. The molecule has 0 unspecified atom stereocenters. The number of rotatable bonds is 2. The Morgan fingerprint density at radius 2 is 2.12 bits per heavy atom. The Balaban J connectivity index is 2.28. The zero-order valence-corrected chi connectivity index (χ0v) is 8.58. The fraction of sp³-hybridized carbons (Fsp3) is 0.0909. The Kier molecular flexibility index (Phi) is 2.74. The van der Waals surface area contributed by atoms with Crippen molar-refractivity contribution in [1.82, 2.24) is 15.0 Å². The third-order valence-corrected chi connectivity index (χ3v) is 1.91. The van der Waals surface area contributed by atoms with Crippen LogP contribution in [0.4, 0.5) is 0 Å². The number of pyridine rings is 1. The van der Waals surface area contributed by atoms with Crippen LogP contribution in [0.2, 0.25) is 0 Å². The molecular weight excluding hydrogens is 204 g/mol. The van der Waals surface area contributed by atoms with Gasteiger partial charge in [-0.25, -0.2) is 4.98 Å². The normalized spacial score (nSPS) is 9.50.